The molecule has 2 nitrogen and oxygen atoms in total. The van der Waals surface area contributed by atoms with Crippen LogP contribution in [-0.2, 0) is 0 Å². The van der Waals surface area contributed by atoms with Crippen LogP contribution < -0.4 is 5.32 Å². The van der Waals surface area contributed by atoms with Gasteiger partial charge in [-0.15, -0.1) is 0 Å². The predicted molar refractivity (Wildman–Crippen MR) is 60.4 cm³/mol. The van der Waals surface area contributed by atoms with Gasteiger partial charge < -0.3 is 5.32 Å². The van der Waals surface area contributed by atoms with E-state index in [1.165, 1.54) is 45.3 Å². The van der Waals surface area contributed by atoms with Gasteiger partial charge in [-0.1, -0.05) is 19.1 Å². The molecule has 80 valence electrons. The molecule has 0 spiro atoms. The molecule has 2 rings (SSSR count). The first-order valence-corrected chi connectivity index (χ1v) is 6.03. The zero-order chi connectivity index (χ0) is 9.80. The van der Waals surface area contributed by atoms with E-state index in [0.29, 0.717) is 0 Å². The molecule has 0 aromatic rings. The minimum Gasteiger partial charge on any atom is -0.314 e. The van der Waals surface area contributed by atoms with Crippen molar-refractivity contribution in [2.45, 2.75) is 44.7 Å². The van der Waals surface area contributed by atoms with Crippen LogP contribution in [0.25, 0.3) is 0 Å². The molecule has 1 N–H and O–H groups in total. The van der Waals surface area contributed by atoms with Crippen LogP contribution in [0.2, 0.25) is 0 Å². The van der Waals surface area contributed by atoms with Gasteiger partial charge in [0.05, 0.1) is 0 Å². The molecule has 1 aliphatic carbocycles. The Morgan fingerprint density at radius 1 is 1.43 bits per heavy atom. The van der Waals surface area contributed by atoms with Gasteiger partial charge in [-0.25, -0.2) is 0 Å². The topological polar surface area (TPSA) is 15.3 Å². The van der Waals surface area contributed by atoms with E-state index in [9.17, 15) is 0 Å². The van der Waals surface area contributed by atoms with Crippen molar-refractivity contribution in [2.24, 2.45) is 0 Å². The first-order valence-electron chi connectivity index (χ1n) is 6.03. The zero-order valence-electron chi connectivity index (χ0n) is 9.21. The van der Waals surface area contributed by atoms with Gasteiger partial charge in [-0.2, -0.15) is 0 Å². The van der Waals surface area contributed by atoms with E-state index in [4.69, 9.17) is 0 Å². The molecule has 0 saturated carbocycles. The molecule has 1 fully saturated rings. The van der Waals surface area contributed by atoms with Gasteiger partial charge in [-0.3, -0.25) is 4.90 Å². The lowest BCUT2D eigenvalue weighted by molar-refractivity contribution is 0.0967. The number of hydrogen-bond donors (Lipinski definition) is 1. The molecule has 2 heteroatoms. The summed E-state index contributed by atoms with van der Waals surface area (Å²) < 4.78 is 0. The van der Waals surface area contributed by atoms with Crippen LogP contribution in [0.4, 0.5) is 0 Å². The summed E-state index contributed by atoms with van der Waals surface area (Å²) in [5.41, 5.74) is 0. The number of rotatable bonds is 2. The summed E-state index contributed by atoms with van der Waals surface area (Å²) in [6.45, 7) is 5.92. The molecule has 0 radical (unpaired) electrons. The quantitative estimate of drug-likeness (QED) is 0.674. The Morgan fingerprint density at radius 2 is 2.36 bits per heavy atom. The highest BCUT2D eigenvalue weighted by Crippen LogP contribution is 2.21. The molecule has 0 bridgehead atoms. The first kappa shape index (κ1) is 10.2. The lowest BCUT2D eigenvalue weighted by atomic mass is 9.97. The summed E-state index contributed by atoms with van der Waals surface area (Å²) in [6, 6.07) is 1.60. The average molecular weight is 194 g/mol. The van der Waals surface area contributed by atoms with E-state index in [-0.39, 0.29) is 0 Å². The Morgan fingerprint density at radius 3 is 3.07 bits per heavy atom. The minimum atomic E-state index is 0.778. The van der Waals surface area contributed by atoms with Crippen molar-refractivity contribution >= 4 is 0 Å². The van der Waals surface area contributed by atoms with Crippen LogP contribution >= 0.6 is 0 Å². The van der Waals surface area contributed by atoms with Crippen molar-refractivity contribution < 1.29 is 0 Å². The van der Waals surface area contributed by atoms with Gasteiger partial charge in [0.25, 0.3) is 0 Å². The van der Waals surface area contributed by atoms with Crippen LogP contribution in [-0.4, -0.2) is 36.6 Å². The third kappa shape index (κ3) is 2.18. The zero-order valence-corrected chi connectivity index (χ0v) is 9.21. The Balaban J connectivity index is 1.95. The van der Waals surface area contributed by atoms with Crippen LogP contribution in [0.5, 0.6) is 0 Å². The monoisotopic (exact) mass is 194 g/mol. The molecule has 0 aromatic carbocycles. The molecule has 1 saturated heterocycles. The van der Waals surface area contributed by atoms with Gasteiger partial charge in [0.15, 0.2) is 0 Å². The van der Waals surface area contributed by atoms with Gasteiger partial charge in [-0.05, 0) is 25.7 Å². The maximum atomic E-state index is 3.50. The SMILES string of the molecule is CCC1CNCCN1C1CC=CCC1. The van der Waals surface area contributed by atoms with Gasteiger partial charge in [0.1, 0.15) is 0 Å². The average Bonchev–Trinajstić information content (AvgIpc) is 2.30. The number of piperazine rings is 1. The van der Waals surface area contributed by atoms with Crippen molar-refractivity contribution in [3.05, 3.63) is 12.2 Å². The van der Waals surface area contributed by atoms with Crippen molar-refractivity contribution in [1.82, 2.24) is 10.2 Å². The number of allylic oxidation sites excluding steroid dienone is 1. The maximum absolute atomic E-state index is 3.50. The minimum absolute atomic E-state index is 0.778. The molecule has 2 atom stereocenters. The van der Waals surface area contributed by atoms with Crippen molar-refractivity contribution in [1.29, 1.82) is 0 Å². The van der Waals surface area contributed by atoms with E-state index in [0.717, 1.165) is 12.1 Å². The summed E-state index contributed by atoms with van der Waals surface area (Å²) >= 11 is 0. The maximum Gasteiger partial charge on any atom is 0.0221 e. The van der Waals surface area contributed by atoms with Crippen molar-refractivity contribution in [3.63, 3.8) is 0 Å². The largest absolute Gasteiger partial charge is 0.314 e. The van der Waals surface area contributed by atoms with Crippen molar-refractivity contribution in [2.75, 3.05) is 19.6 Å². The third-order valence-electron chi connectivity index (χ3n) is 3.58. The van der Waals surface area contributed by atoms with E-state index >= 15 is 0 Å². The predicted octanol–water partition coefficient (Wildman–Crippen LogP) is 1.78. The smallest absolute Gasteiger partial charge is 0.0221 e. The van der Waals surface area contributed by atoms with E-state index in [1.54, 1.807) is 0 Å². The highest BCUT2D eigenvalue weighted by Gasteiger charge is 2.27. The number of hydrogen-bond acceptors (Lipinski definition) is 2. The van der Waals surface area contributed by atoms with Gasteiger partial charge in [0, 0.05) is 31.7 Å². The highest BCUT2D eigenvalue weighted by molar-refractivity contribution is 4.96. The number of nitrogens with one attached hydrogen (secondary N) is 1. The van der Waals surface area contributed by atoms with E-state index < -0.39 is 0 Å². The third-order valence-corrected chi connectivity index (χ3v) is 3.58. The Hall–Kier alpha value is -0.340. The summed E-state index contributed by atoms with van der Waals surface area (Å²) in [5, 5.41) is 3.50. The fourth-order valence-electron chi connectivity index (χ4n) is 2.72. The summed E-state index contributed by atoms with van der Waals surface area (Å²) in [4.78, 5) is 2.74. The fraction of sp³-hybridized carbons (Fsp3) is 0.833. The molecule has 2 unspecified atom stereocenters. The summed E-state index contributed by atoms with van der Waals surface area (Å²) in [6.07, 6.45) is 9.91. The van der Waals surface area contributed by atoms with Gasteiger partial charge in [0.2, 0.25) is 0 Å². The van der Waals surface area contributed by atoms with Crippen molar-refractivity contribution in [3.8, 4) is 0 Å². The Labute approximate surface area is 87.4 Å². The van der Waals surface area contributed by atoms with E-state index in [1.807, 2.05) is 0 Å². The first-order chi connectivity index (χ1) is 6.92. The second-order valence-corrected chi connectivity index (χ2v) is 4.44. The summed E-state index contributed by atoms with van der Waals surface area (Å²) in [5.74, 6) is 0. The molecular weight excluding hydrogens is 172 g/mol. The highest BCUT2D eigenvalue weighted by atomic mass is 15.2. The van der Waals surface area contributed by atoms with E-state index in [2.05, 4.69) is 29.3 Å². The van der Waals surface area contributed by atoms with Gasteiger partial charge >= 0.3 is 0 Å². The summed E-state index contributed by atoms with van der Waals surface area (Å²) in [7, 11) is 0. The molecule has 14 heavy (non-hydrogen) atoms. The molecule has 0 amide bonds. The van der Waals surface area contributed by atoms with Crippen LogP contribution in [0.1, 0.15) is 32.6 Å². The fourth-order valence-corrected chi connectivity index (χ4v) is 2.72. The Kier molecular flexibility index (Phi) is 3.60. The second kappa shape index (κ2) is 4.94. The second-order valence-electron chi connectivity index (χ2n) is 4.44. The normalized spacial score (nSPS) is 34.6. The lowest BCUT2D eigenvalue weighted by Gasteiger charge is -2.41. The standard InChI is InChI=1S/C12H22N2/c1-2-11-10-13-8-9-14(11)12-6-4-3-5-7-12/h3-4,11-13H,2,5-10H2,1H3. The van der Waals surface area contributed by atoms with Crippen LogP contribution in [0.3, 0.4) is 0 Å². The molecule has 0 aromatic heterocycles. The lowest BCUT2D eigenvalue weighted by Crippen LogP contribution is -2.55. The Bertz CT molecular complexity index is 200. The van der Waals surface area contributed by atoms with Crippen LogP contribution in [0, 0.1) is 0 Å². The number of nitrogens with zero attached hydrogens (tertiary/aromatic N) is 1. The van der Waals surface area contributed by atoms with Crippen LogP contribution in [0.15, 0.2) is 12.2 Å². The molecule has 2 aliphatic rings. The molecular formula is C12H22N2. The molecule has 1 heterocycles. The molecule has 1 aliphatic heterocycles.